The van der Waals surface area contributed by atoms with Gasteiger partial charge < -0.3 is 14.4 Å². The number of rotatable bonds is 5. The van der Waals surface area contributed by atoms with E-state index in [1.54, 1.807) is 24.8 Å². The molecule has 0 N–H and O–H groups in total. The summed E-state index contributed by atoms with van der Waals surface area (Å²) in [4.78, 5) is 22.9. The Hall–Kier alpha value is -2.88. The molecule has 4 rings (SSSR count). The molecule has 0 radical (unpaired) electrons. The Bertz CT molecular complexity index is 1220. The average molecular weight is 490 g/mol. The highest BCUT2D eigenvalue weighted by Crippen LogP contribution is 2.33. The van der Waals surface area contributed by atoms with Crippen molar-refractivity contribution in [3.63, 3.8) is 0 Å². The lowest BCUT2D eigenvalue weighted by atomic mass is 10.3. The Kier molecular flexibility index (Phi) is 6.73. The summed E-state index contributed by atoms with van der Waals surface area (Å²) in [6.07, 6.45) is 0. The van der Waals surface area contributed by atoms with Gasteiger partial charge in [0.15, 0.2) is 11.5 Å². The summed E-state index contributed by atoms with van der Waals surface area (Å²) in [5.74, 6) is 1.47. The van der Waals surface area contributed by atoms with Crippen LogP contribution in [0.15, 0.2) is 28.1 Å². The number of carbonyl (C=O) groups excluding carboxylic acids is 1. The number of sulfonamides is 1. The quantitative estimate of drug-likeness (QED) is 0.452. The van der Waals surface area contributed by atoms with E-state index in [1.165, 1.54) is 28.2 Å². The molecule has 1 aromatic carbocycles. The van der Waals surface area contributed by atoms with Crippen molar-refractivity contribution >= 4 is 27.7 Å². The van der Waals surface area contributed by atoms with Gasteiger partial charge >= 0.3 is 0 Å². The van der Waals surface area contributed by atoms with Gasteiger partial charge in [0.2, 0.25) is 15.9 Å². The van der Waals surface area contributed by atoms with Crippen LogP contribution in [0.1, 0.15) is 17.1 Å². The molecule has 2 aliphatic rings. The van der Waals surface area contributed by atoms with Gasteiger partial charge in [-0.25, -0.2) is 18.4 Å². The molecule has 2 aliphatic heterocycles. The lowest BCUT2D eigenvalue weighted by Crippen LogP contribution is -2.51. The zero-order valence-corrected chi connectivity index (χ0v) is 19.9. The summed E-state index contributed by atoms with van der Waals surface area (Å²) >= 11 is 1.20. The maximum absolute atomic E-state index is 13.1. The van der Waals surface area contributed by atoms with Gasteiger partial charge in [-0.3, -0.25) is 4.79 Å². The maximum atomic E-state index is 13.1. The topological polar surface area (TPSA) is 126 Å². The minimum atomic E-state index is -3.72. The molecule has 33 heavy (non-hydrogen) atoms. The first-order valence-electron chi connectivity index (χ1n) is 10.4. The van der Waals surface area contributed by atoms with Gasteiger partial charge in [-0.1, -0.05) is 11.8 Å². The maximum Gasteiger partial charge on any atom is 0.243 e. The summed E-state index contributed by atoms with van der Waals surface area (Å²) in [5.41, 5.74) is 0.951. The second-order valence-electron chi connectivity index (χ2n) is 7.53. The van der Waals surface area contributed by atoms with E-state index in [4.69, 9.17) is 9.47 Å². The summed E-state index contributed by atoms with van der Waals surface area (Å²) in [6.45, 7) is 5.25. The number of benzene rings is 1. The van der Waals surface area contributed by atoms with Crippen LogP contribution in [0.3, 0.4) is 0 Å². The number of nitrogens with zero attached hydrogens (tertiary/aromatic N) is 5. The molecule has 2 aromatic rings. The number of hydrogen-bond donors (Lipinski definition) is 0. The van der Waals surface area contributed by atoms with Gasteiger partial charge in [0.05, 0.1) is 16.3 Å². The van der Waals surface area contributed by atoms with Crippen molar-refractivity contribution in [2.75, 3.05) is 45.1 Å². The fourth-order valence-electron chi connectivity index (χ4n) is 3.65. The van der Waals surface area contributed by atoms with Crippen molar-refractivity contribution in [3.8, 4) is 17.6 Å². The van der Waals surface area contributed by atoms with Crippen LogP contribution in [0.4, 0.5) is 0 Å². The van der Waals surface area contributed by atoms with E-state index < -0.39 is 10.0 Å². The Morgan fingerprint density at radius 2 is 1.82 bits per heavy atom. The van der Waals surface area contributed by atoms with E-state index in [9.17, 15) is 18.5 Å². The van der Waals surface area contributed by atoms with Crippen molar-refractivity contribution in [3.05, 3.63) is 35.3 Å². The predicted molar refractivity (Wildman–Crippen MR) is 120 cm³/mol. The number of nitriles is 1. The van der Waals surface area contributed by atoms with Crippen LogP contribution in [0.2, 0.25) is 0 Å². The van der Waals surface area contributed by atoms with Gasteiger partial charge in [0.25, 0.3) is 0 Å². The highest BCUT2D eigenvalue weighted by molar-refractivity contribution is 8.00. The first kappa shape index (κ1) is 23.3. The fraction of sp³-hybridized carbons (Fsp3) is 0.429. The molecule has 3 heterocycles. The largest absolute Gasteiger partial charge is 0.486 e. The van der Waals surface area contributed by atoms with Crippen LogP contribution in [0.25, 0.3) is 0 Å². The number of piperazine rings is 1. The molecule has 0 atom stereocenters. The third kappa shape index (κ3) is 4.90. The number of fused-ring (bicyclic) bond motifs is 1. The standard InChI is InChI=1S/C21H23N5O5S2/c1-14-17(12-22)21(24-15(2)23-14)32-13-20(27)25-5-7-26(8-6-25)33(28,29)16-3-4-18-19(11-16)31-10-9-30-18/h3-4,11H,5-10,13H2,1-2H3. The number of aromatic nitrogens is 2. The molecule has 1 fully saturated rings. The molecule has 12 heteroatoms. The summed E-state index contributed by atoms with van der Waals surface area (Å²) in [7, 11) is -3.72. The molecule has 10 nitrogen and oxygen atoms in total. The Labute approximate surface area is 196 Å². The molecule has 0 aliphatic carbocycles. The molecule has 1 aromatic heterocycles. The molecular formula is C21H23N5O5S2. The smallest absolute Gasteiger partial charge is 0.243 e. The van der Waals surface area contributed by atoms with E-state index in [0.717, 1.165) is 0 Å². The molecule has 1 saturated heterocycles. The Morgan fingerprint density at radius 3 is 2.52 bits per heavy atom. The Morgan fingerprint density at radius 1 is 1.12 bits per heavy atom. The van der Waals surface area contributed by atoms with Crippen LogP contribution in [0.5, 0.6) is 11.5 Å². The molecular weight excluding hydrogens is 466 g/mol. The summed E-state index contributed by atoms with van der Waals surface area (Å²) < 4.78 is 38.5. The molecule has 0 bridgehead atoms. The van der Waals surface area contributed by atoms with E-state index >= 15 is 0 Å². The van der Waals surface area contributed by atoms with Crippen molar-refractivity contribution in [1.82, 2.24) is 19.2 Å². The van der Waals surface area contributed by atoms with Crippen LogP contribution in [0, 0.1) is 25.2 Å². The number of aryl methyl sites for hydroxylation is 2. The van der Waals surface area contributed by atoms with Gasteiger partial charge in [-0.15, -0.1) is 0 Å². The number of amides is 1. The summed E-state index contributed by atoms with van der Waals surface area (Å²) in [6, 6.07) is 6.68. The van der Waals surface area contributed by atoms with Gasteiger partial charge in [0.1, 0.15) is 35.7 Å². The number of hydrogen-bond acceptors (Lipinski definition) is 9. The molecule has 0 spiro atoms. The van der Waals surface area contributed by atoms with Gasteiger partial charge in [-0.05, 0) is 26.0 Å². The minimum absolute atomic E-state index is 0.111. The number of thioether (sulfide) groups is 1. The second kappa shape index (κ2) is 9.54. The van der Waals surface area contributed by atoms with E-state index in [-0.39, 0.29) is 42.7 Å². The highest BCUT2D eigenvalue weighted by Gasteiger charge is 2.31. The second-order valence-corrected chi connectivity index (χ2v) is 10.4. The predicted octanol–water partition coefficient (Wildman–Crippen LogP) is 1.36. The monoisotopic (exact) mass is 489 g/mol. The zero-order chi connectivity index (χ0) is 23.6. The van der Waals surface area contributed by atoms with E-state index in [1.807, 2.05) is 0 Å². The Balaban J connectivity index is 1.37. The van der Waals surface area contributed by atoms with Crippen LogP contribution < -0.4 is 9.47 Å². The highest BCUT2D eigenvalue weighted by atomic mass is 32.2. The van der Waals surface area contributed by atoms with Gasteiger partial charge in [0, 0.05) is 32.2 Å². The van der Waals surface area contributed by atoms with Crippen molar-refractivity contribution in [1.29, 1.82) is 5.26 Å². The summed E-state index contributed by atoms with van der Waals surface area (Å²) in [5, 5.41) is 9.84. The molecule has 1 amide bonds. The van der Waals surface area contributed by atoms with Crippen LogP contribution >= 0.6 is 11.8 Å². The lowest BCUT2D eigenvalue weighted by molar-refractivity contribution is -0.129. The third-order valence-electron chi connectivity index (χ3n) is 5.36. The number of ether oxygens (including phenoxy) is 2. The fourth-order valence-corrected chi connectivity index (χ4v) is 6.06. The van der Waals surface area contributed by atoms with Gasteiger partial charge in [-0.2, -0.15) is 9.57 Å². The first-order valence-corrected chi connectivity index (χ1v) is 12.8. The molecule has 0 unspecified atom stereocenters. The van der Waals surface area contributed by atoms with Crippen molar-refractivity contribution in [2.45, 2.75) is 23.8 Å². The van der Waals surface area contributed by atoms with Crippen molar-refractivity contribution in [2.24, 2.45) is 0 Å². The SMILES string of the molecule is Cc1nc(C)c(C#N)c(SCC(=O)N2CCN(S(=O)(=O)c3ccc4c(c3)OCCO4)CC2)n1. The minimum Gasteiger partial charge on any atom is -0.486 e. The van der Waals surface area contributed by atoms with E-state index in [0.29, 0.717) is 46.8 Å². The number of carbonyl (C=O) groups is 1. The average Bonchev–Trinajstić information content (AvgIpc) is 2.82. The molecule has 174 valence electrons. The lowest BCUT2D eigenvalue weighted by Gasteiger charge is -2.34. The molecule has 0 saturated carbocycles. The van der Waals surface area contributed by atoms with Crippen LogP contribution in [-0.2, 0) is 14.8 Å². The third-order valence-corrected chi connectivity index (χ3v) is 8.21. The normalized spacial score (nSPS) is 16.3. The van der Waals surface area contributed by atoms with Crippen molar-refractivity contribution < 1.29 is 22.7 Å². The zero-order valence-electron chi connectivity index (χ0n) is 18.3. The van der Waals surface area contributed by atoms with Crippen LogP contribution in [-0.4, -0.2) is 78.6 Å². The first-order chi connectivity index (χ1) is 15.8. The van der Waals surface area contributed by atoms with E-state index in [2.05, 4.69) is 16.0 Å².